The van der Waals surface area contributed by atoms with Crippen LogP contribution in [0.3, 0.4) is 0 Å². The van der Waals surface area contributed by atoms with Crippen molar-refractivity contribution in [2.24, 2.45) is 0 Å². The average Bonchev–Trinajstić information content (AvgIpc) is 2.38. The molecule has 1 aromatic rings. The molecule has 1 N–H and O–H groups in total. The number of hydrogen-bond donors (Lipinski definition) is 1. The number of rotatable bonds is 9. The van der Waals surface area contributed by atoms with E-state index >= 15 is 0 Å². The van der Waals surface area contributed by atoms with Crippen molar-refractivity contribution in [1.29, 1.82) is 0 Å². The molecule has 0 aliphatic carbocycles. The molecule has 1 atom stereocenters. The van der Waals surface area contributed by atoms with Crippen molar-refractivity contribution >= 4 is 27.7 Å². The van der Waals surface area contributed by atoms with Gasteiger partial charge in [0.25, 0.3) is 0 Å². The summed E-state index contributed by atoms with van der Waals surface area (Å²) in [5, 5.41) is 3.60. The zero-order valence-corrected chi connectivity index (χ0v) is 13.8. The van der Waals surface area contributed by atoms with Crippen LogP contribution in [0.15, 0.2) is 28.7 Å². The van der Waals surface area contributed by atoms with Gasteiger partial charge >= 0.3 is 0 Å². The van der Waals surface area contributed by atoms with Crippen LogP contribution in [0.4, 0.5) is 0 Å². The number of hydrogen-bond acceptors (Lipinski definition) is 2. The Balaban J connectivity index is 2.14. The Bertz CT molecular complexity index is 330. The van der Waals surface area contributed by atoms with Crippen molar-refractivity contribution in [2.75, 3.05) is 18.6 Å². The molecule has 102 valence electrons. The first-order valence-corrected chi connectivity index (χ1v) is 8.91. The van der Waals surface area contributed by atoms with Gasteiger partial charge in [0, 0.05) is 10.5 Å². The van der Waals surface area contributed by atoms with E-state index in [-0.39, 0.29) is 0 Å². The normalized spacial score (nSPS) is 12.6. The smallest absolute Gasteiger partial charge is 0.0302 e. The molecule has 0 radical (unpaired) electrons. The van der Waals surface area contributed by atoms with Gasteiger partial charge in [-0.2, -0.15) is 11.8 Å². The van der Waals surface area contributed by atoms with Crippen molar-refractivity contribution in [3.63, 3.8) is 0 Å². The molecular formula is C15H24BrNS. The molecule has 18 heavy (non-hydrogen) atoms. The van der Waals surface area contributed by atoms with E-state index < -0.39 is 0 Å². The van der Waals surface area contributed by atoms with Gasteiger partial charge in [0.1, 0.15) is 0 Å². The van der Waals surface area contributed by atoms with Crippen LogP contribution in [0.5, 0.6) is 0 Å². The molecule has 0 bridgehead atoms. The Labute approximate surface area is 124 Å². The fourth-order valence-corrected chi connectivity index (χ4v) is 3.10. The summed E-state index contributed by atoms with van der Waals surface area (Å²) in [6.45, 7) is 3.34. The third-order valence-electron chi connectivity index (χ3n) is 3.10. The Kier molecular flexibility index (Phi) is 8.82. The summed E-state index contributed by atoms with van der Waals surface area (Å²) in [4.78, 5) is 0. The zero-order valence-electron chi connectivity index (χ0n) is 11.4. The predicted octanol–water partition coefficient (Wildman–Crippen LogP) is 5.02. The molecule has 0 aliphatic heterocycles. The van der Waals surface area contributed by atoms with Gasteiger partial charge in [-0.25, -0.2) is 0 Å². The summed E-state index contributed by atoms with van der Waals surface area (Å²) >= 11 is 5.55. The first kappa shape index (κ1) is 16.1. The van der Waals surface area contributed by atoms with E-state index in [2.05, 4.69) is 58.7 Å². The van der Waals surface area contributed by atoms with Crippen LogP contribution in [0.2, 0.25) is 0 Å². The van der Waals surface area contributed by atoms with Gasteiger partial charge in [-0.15, -0.1) is 0 Å². The molecule has 0 spiro atoms. The van der Waals surface area contributed by atoms with Crippen LogP contribution in [-0.2, 0) is 0 Å². The van der Waals surface area contributed by atoms with Gasteiger partial charge in [0.15, 0.2) is 0 Å². The predicted molar refractivity (Wildman–Crippen MR) is 87.4 cm³/mol. The monoisotopic (exact) mass is 329 g/mol. The minimum atomic E-state index is 0.423. The topological polar surface area (TPSA) is 12.0 Å². The van der Waals surface area contributed by atoms with Crippen molar-refractivity contribution in [2.45, 2.75) is 38.6 Å². The first-order valence-electron chi connectivity index (χ1n) is 6.72. The van der Waals surface area contributed by atoms with Gasteiger partial charge in [-0.3, -0.25) is 0 Å². The van der Waals surface area contributed by atoms with Crippen LogP contribution in [-0.4, -0.2) is 18.6 Å². The van der Waals surface area contributed by atoms with E-state index in [4.69, 9.17) is 0 Å². The molecule has 0 saturated carbocycles. The van der Waals surface area contributed by atoms with Crippen LogP contribution >= 0.6 is 27.7 Å². The lowest BCUT2D eigenvalue weighted by atomic mass is 10.1. The maximum absolute atomic E-state index is 3.61. The molecular weight excluding hydrogens is 306 g/mol. The van der Waals surface area contributed by atoms with Gasteiger partial charge in [0.05, 0.1) is 0 Å². The highest BCUT2D eigenvalue weighted by Gasteiger charge is 2.06. The van der Waals surface area contributed by atoms with Crippen LogP contribution < -0.4 is 5.32 Å². The summed E-state index contributed by atoms with van der Waals surface area (Å²) in [5.41, 5.74) is 1.35. The van der Waals surface area contributed by atoms with Gasteiger partial charge in [-0.1, -0.05) is 47.0 Å². The summed E-state index contributed by atoms with van der Waals surface area (Å²) in [6, 6.07) is 8.87. The maximum Gasteiger partial charge on any atom is 0.0302 e. The Morgan fingerprint density at radius 1 is 1.17 bits per heavy atom. The van der Waals surface area contributed by atoms with E-state index in [1.807, 2.05) is 11.8 Å². The lowest BCUT2D eigenvalue weighted by molar-refractivity contribution is 0.536. The second kappa shape index (κ2) is 9.88. The average molecular weight is 330 g/mol. The van der Waals surface area contributed by atoms with Crippen LogP contribution in [0, 0.1) is 0 Å². The lowest BCUT2D eigenvalue weighted by Gasteiger charge is -2.15. The molecule has 1 aromatic carbocycles. The third-order valence-corrected chi connectivity index (χ3v) is 4.52. The minimum absolute atomic E-state index is 0.423. The zero-order chi connectivity index (χ0) is 13.2. The Morgan fingerprint density at radius 3 is 2.61 bits per heavy atom. The fourth-order valence-electron chi connectivity index (χ4n) is 1.98. The van der Waals surface area contributed by atoms with E-state index in [0.717, 1.165) is 6.54 Å². The second-order valence-corrected chi connectivity index (χ2v) is 6.44. The van der Waals surface area contributed by atoms with E-state index in [0.29, 0.717) is 6.04 Å². The van der Waals surface area contributed by atoms with E-state index in [9.17, 15) is 0 Å². The lowest BCUT2D eigenvalue weighted by Crippen LogP contribution is -2.20. The molecule has 1 nitrogen and oxygen atoms in total. The molecule has 1 unspecified atom stereocenters. The van der Waals surface area contributed by atoms with Crippen LogP contribution in [0.25, 0.3) is 0 Å². The minimum Gasteiger partial charge on any atom is -0.310 e. The van der Waals surface area contributed by atoms with E-state index in [1.165, 1.54) is 41.5 Å². The standard InChI is InChI=1S/C15H24BrNS/c1-13(14-9-5-6-10-15(14)16)17-11-7-3-4-8-12-18-2/h5-6,9-10,13,17H,3-4,7-8,11-12H2,1-2H3. The summed E-state index contributed by atoms with van der Waals surface area (Å²) < 4.78 is 1.20. The third kappa shape index (κ3) is 6.26. The van der Waals surface area contributed by atoms with Crippen LogP contribution in [0.1, 0.15) is 44.2 Å². The van der Waals surface area contributed by atoms with Gasteiger partial charge < -0.3 is 5.32 Å². The second-order valence-electron chi connectivity index (χ2n) is 4.60. The molecule has 3 heteroatoms. The molecule has 0 aliphatic rings. The Morgan fingerprint density at radius 2 is 1.89 bits per heavy atom. The van der Waals surface area contributed by atoms with E-state index in [1.54, 1.807) is 0 Å². The number of thioether (sulfide) groups is 1. The van der Waals surface area contributed by atoms with Crippen molar-refractivity contribution in [3.05, 3.63) is 34.3 Å². The number of benzene rings is 1. The highest BCUT2D eigenvalue weighted by Crippen LogP contribution is 2.22. The first-order chi connectivity index (χ1) is 8.75. The SMILES string of the molecule is CSCCCCCCNC(C)c1ccccc1Br. The van der Waals surface area contributed by atoms with Crippen molar-refractivity contribution < 1.29 is 0 Å². The molecule has 0 heterocycles. The molecule has 0 saturated heterocycles. The summed E-state index contributed by atoms with van der Waals surface area (Å²) in [7, 11) is 0. The summed E-state index contributed by atoms with van der Waals surface area (Å²) in [5.74, 6) is 1.31. The molecule has 1 rings (SSSR count). The Hall–Kier alpha value is 0.01000. The van der Waals surface area contributed by atoms with Gasteiger partial charge in [-0.05, 0) is 49.9 Å². The molecule has 0 amide bonds. The highest BCUT2D eigenvalue weighted by molar-refractivity contribution is 9.10. The molecule has 0 aromatic heterocycles. The summed E-state index contributed by atoms with van der Waals surface area (Å²) in [6.07, 6.45) is 7.53. The highest BCUT2D eigenvalue weighted by atomic mass is 79.9. The fraction of sp³-hybridized carbons (Fsp3) is 0.600. The molecule has 0 fully saturated rings. The largest absolute Gasteiger partial charge is 0.310 e. The van der Waals surface area contributed by atoms with Crippen molar-refractivity contribution in [3.8, 4) is 0 Å². The number of halogens is 1. The van der Waals surface area contributed by atoms with Gasteiger partial charge in [0.2, 0.25) is 0 Å². The number of unbranched alkanes of at least 4 members (excludes halogenated alkanes) is 3. The maximum atomic E-state index is 3.61. The van der Waals surface area contributed by atoms with Crippen molar-refractivity contribution in [1.82, 2.24) is 5.32 Å². The number of nitrogens with one attached hydrogen (secondary N) is 1. The quantitative estimate of drug-likeness (QED) is 0.638.